The molecule has 482 valence electrons. The Labute approximate surface area is 539 Å². The van der Waals surface area contributed by atoms with E-state index in [4.69, 9.17) is 9.47 Å². The number of likely N-dealkylation sites (N-methyl/N-ethyl adjacent to an activating group) is 1. The third-order valence-corrected chi connectivity index (χ3v) is 33.1. The molecule has 21 rings (SSSR count). The quantitative estimate of drug-likeness (QED) is 0.0841. The van der Waals surface area contributed by atoms with Gasteiger partial charge in [0.15, 0.2) is 0 Å². The van der Waals surface area contributed by atoms with Gasteiger partial charge in [-0.25, -0.2) is 4.79 Å². The fourth-order valence-electron chi connectivity index (χ4n) is 30.0. The molecule has 91 heavy (non-hydrogen) atoms. The molecule has 0 aromatic heterocycles. The van der Waals surface area contributed by atoms with Crippen LogP contribution in [-0.2, 0) is 44.9 Å². The molecule has 14 aliphatic carbocycles. The summed E-state index contributed by atoms with van der Waals surface area (Å²) in [6, 6.07) is 26.7. The van der Waals surface area contributed by atoms with Crippen molar-refractivity contribution < 1.29 is 44.6 Å². The minimum Gasteiger partial charge on any atom is -0.454 e. The minimum atomic E-state index is -2.24. The van der Waals surface area contributed by atoms with Crippen molar-refractivity contribution in [1.29, 1.82) is 0 Å². The van der Waals surface area contributed by atoms with Crippen LogP contribution in [-0.4, -0.2) is 91.6 Å². The summed E-state index contributed by atoms with van der Waals surface area (Å²) in [7, 11) is 1.98. The number of esters is 1. The molecule has 0 unspecified atom stereocenters. The van der Waals surface area contributed by atoms with E-state index in [0.717, 1.165) is 131 Å². The zero-order valence-corrected chi connectivity index (χ0v) is 54.1. The molecule has 10 heteroatoms. The first-order valence-electron chi connectivity index (χ1n) is 37.0. The molecular weight excluding hydrogens is 1130 g/mol. The predicted molar refractivity (Wildman–Crippen MR) is 344 cm³/mol. The molecule has 16 bridgehead atoms. The Morgan fingerprint density at radius 2 is 1.53 bits per heavy atom. The lowest BCUT2D eigenvalue weighted by atomic mass is 9.25. The molecule has 0 amide bonds. The van der Waals surface area contributed by atoms with Crippen molar-refractivity contribution in [3.63, 3.8) is 0 Å². The average molecular weight is 1230 g/mol. The Kier molecular flexibility index (Phi) is 12.5. The third-order valence-electron chi connectivity index (χ3n) is 33.1. The summed E-state index contributed by atoms with van der Waals surface area (Å²) >= 11 is 0. The first kappa shape index (κ1) is 58.2. The van der Waals surface area contributed by atoms with E-state index in [-0.39, 0.29) is 78.0 Å². The smallest absolute Gasteiger partial charge is 0.331 e. The highest BCUT2D eigenvalue weighted by Crippen LogP contribution is 2.90. The van der Waals surface area contributed by atoms with Crippen molar-refractivity contribution in [2.45, 2.75) is 240 Å². The Balaban J connectivity index is 0.843. The number of fused-ring (bicyclic) bond motifs is 5. The first-order chi connectivity index (χ1) is 44.0. The molecule has 18 aliphatic rings. The summed E-state index contributed by atoms with van der Waals surface area (Å²) in [5.74, 6) is 7.47. The minimum absolute atomic E-state index is 0.0974. The van der Waals surface area contributed by atoms with Crippen LogP contribution in [0.2, 0.25) is 0 Å². The maximum Gasteiger partial charge on any atom is 0.331 e. The number of hydrogen-bond donors (Lipinski definition) is 6. The van der Waals surface area contributed by atoms with Crippen molar-refractivity contribution in [2.24, 2.45) is 104 Å². The number of benzene rings is 3. The lowest BCUT2D eigenvalue weighted by molar-refractivity contribution is -0.447. The van der Waals surface area contributed by atoms with Gasteiger partial charge in [-0.2, -0.15) is 0 Å². The van der Waals surface area contributed by atoms with Gasteiger partial charge in [-0.3, -0.25) is 0 Å². The summed E-state index contributed by atoms with van der Waals surface area (Å²) in [5, 5.41) is 77.1. The van der Waals surface area contributed by atoms with Crippen LogP contribution in [0.3, 0.4) is 0 Å². The molecule has 4 aliphatic heterocycles. The van der Waals surface area contributed by atoms with E-state index in [1.165, 1.54) is 29.4 Å². The lowest BCUT2D eigenvalue weighted by Gasteiger charge is -2.83. The summed E-state index contributed by atoms with van der Waals surface area (Å²) in [5.41, 5.74) is -3.33. The van der Waals surface area contributed by atoms with Crippen LogP contribution in [0.5, 0.6) is 0 Å². The Morgan fingerprint density at radius 1 is 0.736 bits per heavy atom. The second-order valence-electron chi connectivity index (χ2n) is 35.1. The zero-order chi connectivity index (χ0) is 61.7. The van der Waals surface area contributed by atoms with E-state index in [1.807, 2.05) is 19.2 Å². The Hall–Kier alpha value is -4.18. The number of carbonyl (C=O) groups excluding carboxylic acids is 2. The molecule has 11 saturated carbocycles. The lowest BCUT2D eigenvalue weighted by Crippen LogP contribution is -2.91. The van der Waals surface area contributed by atoms with Crippen LogP contribution in [0.1, 0.15) is 200 Å². The van der Waals surface area contributed by atoms with Gasteiger partial charge < -0.3 is 45.1 Å². The third kappa shape index (κ3) is 6.98. The number of aliphatic hydroxyl groups is 5. The number of carbonyl (C=O) groups is 2. The standard InChI is InChI=1S/C81H99NO9/c1-47-53-17-16-49(34-53)32-48-10-8-11-50(33-48)41-77-31-30-74-27-19-54(47)37-64-70(86)80(88)66(76(46-84,81(64,74)89)45-78(71(74)91-77)63-38-58-35-55(51-12-4-3-5-13-51)20-26-73(58,78)28-21-62(63)77)22-29-75-44-72(23-6-7-24-72)25-18-52-14-9-15-56(43-83)59(52)39-65(82-2)60-36-57(42-79(75,80)87)68(75)61-40-67(85)90-69(60)61/h3-5,8-15,33,40,46-47,49,53-55,57-58,60,62-66,68-71,82-83,86-89H,6-7,16-17,19-24,26-32,34-39,41-45H2,1-2H3/t47-,49+,53+,54-,55+,57-,58+,60-,62-,63+,64+,65-,66+,68+,69+,70+,71+,73+,74-,75-,76-,77+,78+,79+,80+,81-/m0/s1. The summed E-state index contributed by atoms with van der Waals surface area (Å²) < 4.78 is 15.2. The van der Waals surface area contributed by atoms with E-state index in [1.54, 1.807) is 6.08 Å². The first-order valence-corrected chi connectivity index (χ1v) is 37.0. The van der Waals surface area contributed by atoms with Crippen LogP contribution < -0.4 is 5.32 Å². The number of aliphatic hydroxyl groups excluding tert-OH is 2. The van der Waals surface area contributed by atoms with Gasteiger partial charge in [0, 0.05) is 63.5 Å². The highest BCUT2D eigenvalue weighted by Gasteiger charge is 2.93. The molecule has 0 radical (unpaired) electrons. The van der Waals surface area contributed by atoms with Crippen LogP contribution in [0.25, 0.3) is 0 Å². The van der Waals surface area contributed by atoms with Gasteiger partial charge >= 0.3 is 5.97 Å². The highest BCUT2D eigenvalue weighted by molar-refractivity contribution is 5.86. The van der Waals surface area contributed by atoms with E-state index >= 15 is 20.1 Å². The van der Waals surface area contributed by atoms with Crippen molar-refractivity contribution in [3.8, 4) is 11.8 Å². The monoisotopic (exact) mass is 1230 g/mol. The van der Waals surface area contributed by atoms with Crippen molar-refractivity contribution in [2.75, 3.05) is 7.05 Å². The van der Waals surface area contributed by atoms with Crippen molar-refractivity contribution in [1.82, 2.24) is 5.32 Å². The number of aldehydes is 1. The molecule has 3 aromatic carbocycles. The maximum atomic E-state index is 16.6. The van der Waals surface area contributed by atoms with Crippen LogP contribution >= 0.6 is 0 Å². The molecule has 4 heterocycles. The van der Waals surface area contributed by atoms with Crippen molar-refractivity contribution >= 4 is 12.3 Å². The van der Waals surface area contributed by atoms with E-state index in [2.05, 4.69) is 84.7 Å². The summed E-state index contributed by atoms with van der Waals surface area (Å²) in [4.78, 5) is 30.9. The second-order valence-corrected chi connectivity index (χ2v) is 35.1. The fraction of sp³-hybridized carbons (Fsp3) is 0.704. The van der Waals surface area contributed by atoms with Crippen LogP contribution in [0.4, 0.5) is 0 Å². The van der Waals surface area contributed by atoms with Crippen molar-refractivity contribution in [3.05, 3.63) is 118 Å². The summed E-state index contributed by atoms with van der Waals surface area (Å²) in [6.07, 6.45) is 22.5. The fourth-order valence-corrected chi connectivity index (χ4v) is 30.0. The largest absolute Gasteiger partial charge is 0.454 e. The van der Waals surface area contributed by atoms with Gasteiger partial charge in [0.1, 0.15) is 23.6 Å². The van der Waals surface area contributed by atoms with Gasteiger partial charge in [-0.05, 0) is 265 Å². The average Bonchev–Trinajstić information content (AvgIpc) is 1.61. The van der Waals surface area contributed by atoms with Gasteiger partial charge in [-0.1, -0.05) is 98.3 Å². The number of rotatable bonds is 4. The SMILES string of the molecule is CN[C@H]1Cc2c(cccc2CO)C#CC2(CCCC2)C[C@]23CC[C@H]4[C@@](O)([C@H](O)[C@H]5C[C@@H]6CC[C@]78CC[C@]9(Cc%10cccc(c%10)C[C@H]%10CC[C@H](C%10)[C@@H]6C)O[C@H]7[C@@]6(C[C@@]4(C=O)[C@]58O)[C@@H]4C[C@H]5C[C@H](c7ccccc7)CC[C@@]56CC[C@@H]49)[C@@]2(O)C[C@@H]2C[C@@H]1[C@H]1OC(=O)C=C1[C@@H]23. The molecule has 2 saturated heterocycles. The second kappa shape index (κ2) is 19.5. The van der Waals surface area contributed by atoms with E-state index < -0.39 is 73.5 Å². The van der Waals surface area contributed by atoms with E-state index in [0.29, 0.717) is 75.0 Å². The molecule has 6 N–H and O–H groups in total. The predicted octanol–water partition coefficient (Wildman–Crippen LogP) is 11.9. The highest BCUT2D eigenvalue weighted by atomic mass is 16.5. The number of ether oxygens (including phenoxy) is 2. The molecule has 6 spiro atoms. The molecule has 10 nitrogen and oxygen atoms in total. The van der Waals surface area contributed by atoms with Crippen LogP contribution in [0.15, 0.2) is 84.4 Å². The normalized spacial score (nSPS) is 51.8. The summed E-state index contributed by atoms with van der Waals surface area (Å²) in [6.45, 7) is 2.36. The molecule has 26 atom stereocenters. The number of nitrogens with one attached hydrogen (secondary N) is 1. The molecule has 13 fully saturated rings. The molecule has 3 aromatic rings. The van der Waals surface area contributed by atoms with Crippen LogP contribution in [0, 0.1) is 115 Å². The Morgan fingerprint density at radius 3 is 2.35 bits per heavy atom. The van der Waals surface area contributed by atoms with Gasteiger partial charge in [0.05, 0.1) is 35.4 Å². The Bertz CT molecular complexity index is 3620. The zero-order valence-electron chi connectivity index (χ0n) is 54.1. The van der Waals surface area contributed by atoms with Gasteiger partial charge in [0.25, 0.3) is 0 Å². The van der Waals surface area contributed by atoms with E-state index in [9.17, 15) is 15.0 Å². The van der Waals surface area contributed by atoms with Gasteiger partial charge in [0.2, 0.25) is 0 Å². The van der Waals surface area contributed by atoms with Gasteiger partial charge in [-0.15, -0.1) is 0 Å². The number of hydrogen-bond acceptors (Lipinski definition) is 10. The molecular formula is C81H99NO9. The topological polar surface area (TPSA) is 166 Å². The maximum absolute atomic E-state index is 16.6.